The molecule has 182 valence electrons. The lowest BCUT2D eigenvalue weighted by molar-refractivity contribution is 0.0692. The molecule has 9 heteroatoms. The molecular formula is C24H32O8S. The van der Waals surface area contributed by atoms with Gasteiger partial charge >= 0.3 is 5.97 Å². The summed E-state index contributed by atoms with van der Waals surface area (Å²) < 4.78 is 41.4. The molecule has 0 aliphatic carbocycles. The first kappa shape index (κ1) is 26.5. The standard InChI is InChI=1S/C24H32O8S/c1-2-30-15-5-3-4-6-16-31-19-11-13-20(14-12-19)33(28,29)18-8-17-32-22-10-7-9-21(23(22)25)24(26)27/h7,9-14,25H,2-6,8,15-18H2,1H3,(H,26,27). The van der Waals surface area contributed by atoms with Gasteiger partial charge in [0.15, 0.2) is 21.3 Å². The number of carboxylic acids is 1. The van der Waals surface area contributed by atoms with E-state index in [9.17, 15) is 18.3 Å². The quantitative estimate of drug-likeness (QED) is 0.341. The average molecular weight is 481 g/mol. The maximum absolute atomic E-state index is 12.5. The van der Waals surface area contributed by atoms with E-state index < -0.39 is 21.6 Å². The van der Waals surface area contributed by atoms with Crippen LogP contribution < -0.4 is 9.47 Å². The second kappa shape index (κ2) is 13.7. The molecule has 33 heavy (non-hydrogen) atoms. The Morgan fingerprint density at radius 1 is 0.879 bits per heavy atom. The lowest BCUT2D eigenvalue weighted by Gasteiger charge is -2.10. The van der Waals surface area contributed by atoms with Crippen molar-refractivity contribution in [2.45, 2.75) is 43.9 Å². The van der Waals surface area contributed by atoms with Crippen LogP contribution in [0.3, 0.4) is 0 Å². The molecule has 0 radical (unpaired) electrons. The number of aromatic carboxylic acids is 1. The second-order valence-electron chi connectivity index (χ2n) is 7.41. The fourth-order valence-electron chi connectivity index (χ4n) is 3.10. The van der Waals surface area contributed by atoms with Gasteiger partial charge in [-0.2, -0.15) is 0 Å². The van der Waals surface area contributed by atoms with Crippen LogP contribution in [0.4, 0.5) is 0 Å². The van der Waals surface area contributed by atoms with Gasteiger partial charge in [-0.15, -0.1) is 0 Å². The number of hydrogen-bond donors (Lipinski definition) is 2. The molecule has 0 spiro atoms. The fourth-order valence-corrected chi connectivity index (χ4v) is 4.38. The van der Waals surface area contributed by atoms with Crippen LogP contribution in [0.5, 0.6) is 17.2 Å². The van der Waals surface area contributed by atoms with E-state index in [1.165, 1.54) is 30.3 Å². The molecule has 2 rings (SSSR count). The molecule has 0 bridgehead atoms. The van der Waals surface area contributed by atoms with Crippen LogP contribution in [0, 0.1) is 0 Å². The Morgan fingerprint density at radius 3 is 2.21 bits per heavy atom. The highest BCUT2D eigenvalue weighted by Gasteiger charge is 2.16. The Morgan fingerprint density at radius 2 is 1.55 bits per heavy atom. The van der Waals surface area contributed by atoms with Crippen molar-refractivity contribution in [3.05, 3.63) is 48.0 Å². The molecule has 0 atom stereocenters. The normalized spacial score (nSPS) is 11.3. The second-order valence-corrected chi connectivity index (χ2v) is 9.52. The molecule has 0 fully saturated rings. The van der Waals surface area contributed by atoms with Crippen LogP contribution in [-0.4, -0.2) is 56.8 Å². The lowest BCUT2D eigenvalue weighted by Crippen LogP contribution is -2.11. The summed E-state index contributed by atoms with van der Waals surface area (Å²) in [5.41, 5.74) is -0.274. The van der Waals surface area contributed by atoms with Gasteiger partial charge in [0.1, 0.15) is 11.3 Å². The first-order valence-electron chi connectivity index (χ1n) is 11.1. The summed E-state index contributed by atoms with van der Waals surface area (Å²) in [4.78, 5) is 11.2. The molecule has 2 aromatic carbocycles. The number of carboxylic acid groups (broad SMARTS) is 1. The maximum atomic E-state index is 12.5. The first-order valence-corrected chi connectivity index (χ1v) is 12.7. The summed E-state index contributed by atoms with van der Waals surface area (Å²) in [5, 5.41) is 18.9. The number of ether oxygens (including phenoxy) is 3. The van der Waals surface area contributed by atoms with Gasteiger partial charge in [0.2, 0.25) is 0 Å². The van der Waals surface area contributed by atoms with E-state index in [1.807, 2.05) is 6.92 Å². The van der Waals surface area contributed by atoms with Crippen molar-refractivity contribution >= 4 is 15.8 Å². The van der Waals surface area contributed by atoms with Crippen molar-refractivity contribution in [2.75, 3.05) is 32.2 Å². The van der Waals surface area contributed by atoms with E-state index in [0.717, 1.165) is 38.9 Å². The van der Waals surface area contributed by atoms with Crippen LogP contribution in [0.2, 0.25) is 0 Å². The highest BCUT2D eigenvalue weighted by atomic mass is 32.2. The number of para-hydroxylation sites is 1. The van der Waals surface area contributed by atoms with Crippen molar-refractivity contribution in [3.8, 4) is 17.2 Å². The Balaban J connectivity index is 1.73. The number of phenols is 1. The monoisotopic (exact) mass is 480 g/mol. The van der Waals surface area contributed by atoms with Gasteiger partial charge in [-0.1, -0.05) is 12.5 Å². The Kier molecular flexibility index (Phi) is 11.0. The minimum absolute atomic E-state index is 0.00286. The third-order valence-corrected chi connectivity index (χ3v) is 6.70. The third kappa shape index (κ3) is 8.94. The van der Waals surface area contributed by atoms with Crippen LogP contribution >= 0.6 is 0 Å². The Bertz CT molecular complexity index is 970. The minimum Gasteiger partial charge on any atom is -0.504 e. The zero-order chi connectivity index (χ0) is 24.1. The molecule has 0 heterocycles. The largest absolute Gasteiger partial charge is 0.504 e. The molecule has 2 aromatic rings. The number of unbranched alkanes of at least 4 members (excludes halogenated alkanes) is 3. The third-order valence-electron chi connectivity index (χ3n) is 4.88. The summed E-state index contributed by atoms with van der Waals surface area (Å²) >= 11 is 0. The Labute approximate surface area is 195 Å². The molecule has 0 saturated heterocycles. The number of hydrogen-bond acceptors (Lipinski definition) is 7. The van der Waals surface area contributed by atoms with Crippen LogP contribution in [0.15, 0.2) is 47.4 Å². The van der Waals surface area contributed by atoms with Gasteiger partial charge in [-0.3, -0.25) is 0 Å². The highest BCUT2D eigenvalue weighted by Crippen LogP contribution is 2.29. The van der Waals surface area contributed by atoms with E-state index in [1.54, 1.807) is 12.1 Å². The maximum Gasteiger partial charge on any atom is 0.339 e. The van der Waals surface area contributed by atoms with Crippen molar-refractivity contribution in [3.63, 3.8) is 0 Å². The topological polar surface area (TPSA) is 119 Å². The fraction of sp³-hybridized carbons (Fsp3) is 0.458. The van der Waals surface area contributed by atoms with Gasteiger partial charge in [0.25, 0.3) is 0 Å². The molecular weight excluding hydrogens is 448 g/mol. The molecule has 0 unspecified atom stereocenters. The van der Waals surface area contributed by atoms with E-state index >= 15 is 0 Å². The van der Waals surface area contributed by atoms with Gasteiger partial charge in [0.05, 0.1) is 23.9 Å². The first-order chi connectivity index (χ1) is 15.8. The molecule has 8 nitrogen and oxygen atoms in total. The number of benzene rings is 2. The van der Waals surface area contributed by atoms with Crippen LogP contribution in [0.1, 0.15) is 49.4 Å². The van der Waals surface area contributed by atoms with Gasteiger partial charge < -0.3 is 24.4 Å². The summed E-state index contributed by atoms with van der Waals surface area (Å²) in [6.45, 7) is 4.11. The molecule has 0 aliphatic heterocycles. The lowest BCUT2D eigenvalue weighted by atomic mass is 10.2. The van der Waals surface area contributed by atoms with Crippen molar-refractivity contribution in [2.24, 2.45) is 0 Å². The summed E-state index contributed by atoms with van der Waals surface area (Å²) in [7, 11) is -3.51. The predicted octanol–water partition coefficient (Wildman–Crippen LogP) is 4.31. The highest BCUT2D eigenvalue weighted by molar-refractivity contribution is 7.91. The number of carbonyl (C=O) groups is 1. The van der Waals surface area contributed by atoms with E-state index in [0.29, 0.717) is 12.4 Å². The summed E-state index contributed by atoms with van der Waals surface area (Å²) in [5.74, 6) is -1.27. The summed E-state index contributed by atoms with van der Waals surface area (Å²) in [6.07, 6.45) is 4.30. The van der Waals surface area contributed by atoms with Gasteiger partial charge in [-0.25, -0.2) is 13.2 Å². The smallest absolute Gasteiger partial charge is 0.339 e. The zero-order valence-electron chi connectivity index (χ0n) is 18.9. The predicted molar refractivity (Wildman–Crippen MR) is 124 cm³/mol. The van der Waals surface area contributed by atoms with E-state index in [4.69, 9.17) is 19.3 Å². The Hall–Kier alpha value is -2.78. The van der Waals surface area contributed by atoms with Crippen LogP contribution in [0.25, 0.3) is 0 Å². The number of rotatable bonds is 16. The van der Waals surface area contributed by atoms with Crippen molar-refractivity contribution in [1.82, 2.24) is 0 Å². The van der Waals surface area contributed by atoms with Gasteiger partial charge in [0, 0.05) is 13.2 Å². The molecule has 2 N–H and O–H groups in total. The van der Waals surface area contributed by atoms with E-state index in [-0.39, 0.29) is 35.0 Å². The number of sulfone groups is 1. The molecule has 0 amide bonds. The molecule has 0 aromatic heterocycles. The average Bonchev–Trinajstić information content (AvgIpc) is 2.79. The van der Waals surface area contributed by atoms with Gasteiger partial charge in [-0.05, 0) is 69.0 Å². The SMILES string of the molecule is CCOCCCCCCOc1ccc(S(=O)(=O)CCCOc2cccc(C(=O)O)c2O)cc1. The number of aromatic hydroxyl groups is 1. The van der Waals surface area contributed by atoms with Crippen molar-refractivity contribution in [1.29, 1.82) is 0 Å². The van der Waals surface area contributed by atoms with Crippen molar-refractivity contribution < 1.29 is 37.6 Å². The van der Waals surface area contributed by atoms with E-state index in [2.05, 4.69) is 0 Å². The minimum atomic E-state index is -3.51. The molecule has 0 saturated carbocycles. The summed E-state index contributed by atoms with van der Waals surface area (Å²) in [6, 6.07) is 10.5. The molecule has 0 aliphatic rings. The zero-order valence-corrected chi connectivity index (χ0v) is 19.7. The van der Waals surface area contributed by atoms with Crippen LogP contribution in [-0.2, 0) is 14.6 Å².